The Hall–Kier alpha value is -4.98. The molecule has 1 aliphatic heterocycles. The first kappa shape index (κ1) is 23.0. The number of hydrogen-bond donors (Lipinski definition) is 1. The molecule has 1 unspecified atom stereocenters. The number of benzene rings is 3. The highest BCUT2D eigenvalue weighted by atomic mass is 16.1. The van der Waals surface area contributed by atoms with Crippen LogP contribution in [-0.2, 0) is 30.6 Å². The highest BCUT2D eigenvalue weighted by Gasteiger charge is 2.30. The summed E-state index contributed by atoms with van der Waals surface area (Å²) in [6.07, 6.45) is 9.94. The molecule has 8 heteroatoms. The largest absolute Gasteiger partial charge is 0.299 e. The third-order valence-corrected chi connectivity index (χ3v) is 8.38. The van der Waals surface area contributed by atoms with E-state index in [-0.39, 0.29) is 11.7 Å². The van der Waals surface area contributed by atoms with E-state index in [1.165, 1.54) is 16.7 Å². The zero-order valence-electron chi connectivity index (χ0n) is 21.7. The highest BCUT2D eigenvalue weighted by Crippen LogP contribution is 2.40. The number of H-pyrrole nitrogens is 1. The summed E-state index contributed by atoms with van der Waals surface area (Å²) in [7, 11) is 0. The molecule has 0 bridgehead atoms. The van der Waals surface area contributed by atoms with Gasteiger partial charge in [-0.15, -0.1) is 10.2 Å². The van der Waals surface area contributed by atoms with Crippen molar-refractivity contribution in [1.29, 1.82) is 0 Å². The summed E-state index contributed by atoms with van der Waals surface area (Å²) in [6, 6.07) is 18.7. The number of carbonyl (C=O) groups is 1. The van der Waals surface area contributed by atoms with Gasteiger partial charge in [-0.25, -0.2) is 4.98 Å². The quantitative estimate of drug-likeness (QED) is 0.334. The fraction of sp³-hybridized carbons (Fsp3) is 0.188. The number of hydrogen-bond acceptors (Lipinski definition) is 6. The van der Waals surface area contributed by atoms with E-state index in [9.17, 15) is 4.79 Å². The summed E-state index contributed by atoms with van der Waals surface area (Å²) >= 11 is 0. The highest BCUT2D eigenvalue weighted by molar-refractivity contribution is 6.08. The van der Waals surface area contributed by atoms with E-state index < -0.39 is 0 Å². The number of aromatic nitrogens is 6. The average Bonchev–Trinajstić information content (AvgIpc) is 3.78. The molecule has 0 amide bonds. The third-order valence-electron chi connectivity index (χ3n) is 8.38. The maximum absolute atomic E-state index is 13.6. The topological polar surface area (TPSA) is 102 Å². The molecule has 8 rings (SSSR count). The Morgan fingerprint density at radius 1 is 1.00 bits per heavy atom. The number of nitrogens with one attached hydrogen (secondary N) is 1. The van der Waals surface area contributed by atoms with Crippen LogP contribution in [0.15, 0.2) is 78.4 Å². The predicted octanol–water partition coefficient (Wildman–Crippen LogP) is 5.21. The van der Waals surface area contributed by atoms with E-state index in [0.29, 0.717) is 12.8 Å². The molecule has 1 aliphatic carbocycles. The van der Waals surface area contributed by atoms with Crippen LogP contribution < -0.4 is 0 Å². The summed E-state index contributed by atoms with van der Waals surface area (Å²) in [6.45, 7) is 0.730. The molecule has 0 saturated heterocycles. The van der Waals surface area contributed by atoms with Crippen molar-refractivity contribution in [3.63, 3.8) is 0 Å². The lowest BCUT2D eigenvalue weighted by atomic mass is 9.77. The Kier molecular flexibility index (Phi) is 5.19. The first-order valence-corrected chi connectivity index (χ1v) is 13.6. The summed E-state index contributed by atoms with van der Waals surface area (Å²) < 4.78 is 1.85. The van der Waals surface area contributed by atoms with Crippen LogP contribution in [0.4, 0.5) is 0 Å². The van der Waals surface area contributed by atoms with Crippen LogP contribution in [0.25, 0.3) is 38.8 Å². The zero-order chi connectivity index (χ0) is 26.6. The maximum Gasteiger partial charge on any atom is 0.140 e. The van der Waals surface area contributed by atoms with Gasteiger partial charge in [0.2, 0.25) is 0 Å². The predicted molar refractivity (Wildman–Crippen MR) is 154 cm³/mol. The molecular weight excluding hydrogens is 498 g/mol. The van der Waals surface area contributed by atoms with Crippen molar-refractivity contribution in [3.05, 3.63) is 101 Å². The van der Waals surface area contributed by atoms with Gasteiger partial charge in [0.15, 0.2) is 0 Å². The molecule has 8 nitrogen and oxygen atoms in total. The second-order valence-corrected chi connectivity index (χ2v) is 10.7. The lowest BCUT2D eigenvalue weighted by Gasteiger charge is -2.27. The number of Topliss-reactive ketones (excluding diaryl/α,β-unsaturated/α-hetero) is 1. The van der Waals surface area contributed by atoms with Crippen molar-refractivity contribution < 1.29 is 4.79 Å². The number of pyridine rings is 1. The number of nitrogens with zero attached hydrogens (tertiary/aromatic N) is 6. The van der Waals surface area contributed by atoms with Crippen molar-refractivity contribution >= 4 is 33.8 Å². The van der Waals surface area contributed by atoms with E-state index in [2.05, 4.69) is 49.7 Å². The molecule has 3 aromatic carbocycles. The van der Waals surface area contributed by atoms with E-state index in [1.54, 1.807) is 12.7 Å². The van der Waals surface area contributed by atoms with Crippen LogP contribution in [0.2, 0.25) is 0 Å². The van der Waals surface area contributed by atoms with E-state index >= 15 is 0 Å². The average molecular weight is 524 g/mol. The van der Waals surface area contributed by atoms with Gasteiger partial charge in [0.1, 0.15) is 18.4 Å². The number of aryl methyl sites for hydroxylation is 1. The molecule has 6 aromatic rings. The van der Waals surface area contributed by atoms with Crippen LogP contribution in [0.5, 0.6) is 0 Å². The number of carbonyl (C=O) groups excluding carboxylic acids is 1. The van der Waals surface area contributed by atoms with Gasteiger partial charge in [0.05, 0.1) is 29.5 Å². The summed E-state index contributed by atoms with van der Waals surface area (Å²) in [5.41, 5.74) is 10.9. The number of aromatic amines is 1. The van der Waals surface area contributed by atoms with Crippen LogP contribution >= 0.6 is 0 Å². The minimum Gasteiger partial charge on any atom is -0.299 e. The van der Waals surface area contributed by atoms with E-state index in [0.717, 1.165) is 69.3 Å². The van der Waals surface area contributed by atoms with Crippen molar-refractivity contribution in [2.45, 2.75) is 32.2 Å². The Morgan fingerprint density at radius 2 is 1.88 bits per heavy atom. The van der Waals surface area contributed by atoms with Gasteiger partial charge in [0.25, 0.3) is 0 Å². The molecule has 4 heterocycles. The van der Waals surface area contributed by atoms with Crippen LogP contribution in [0.1, 0.15) is 34.2 Å². The van der Waals surface area contributed by atoms with Gasteiger partial charge in [-0.1, -0.05) is 24.3 Å². The fourth-order valence-electron chi connectivity index (χ4n) is 6.29. The molecule has 1 N–H and O–H groups in total. The first-order chi connectivity index (χ1) is 19.7. The summed E-state index contributed by atoms with van der Waals surface area (Å²) in [4.78, 5) is 23.3. The van der Waals surface area contributed by atoms with Crippen LogP contribution in [0, 0.1) is 5.92 Å². The Labute approximate surface area is 229 Å². The third kappa shape index (κ3) is 3.75. The second-order valence-electron chi connectivity index (χ2n) is 10.7. The molecule has 194 valence electrons. The monoisotopic (exact) mass is 523 g/mol. The minimum atomic E-state index is -0.0532. The number of aliphatic imine (C=N–C) groups is 1. The smallest absolute Gasteiger partial charge is 0.140 e. The molecule has 0 fully saturated rings. The standard InChI is InChI=1S/C32H25N7O/c40-30(11-19-1-6-24(7-2-19)39-17-35-36-18-39)20-5-8-25-26(13-20)32(21-3-4-22-14-33-15-23(22)12-21)37-29-10-9-28-27(31(25)29)16-34-38-28/h1-4,6-7,9-10,12,15-18,20H,5,8,11,13-14H2,(H,34,38). The van der Waals surface area contributed by atoms with Crippen molar-refractivity contribution in [2.75, 3.05) is 0 Å². The molecule has 0 saturated carbocycles. The van der Waals surface area contributed by atoms with Gasteiger partial charge in [-0.05, 0) is 77.4 Å². The normalized spacial score (nSPS) is 15.9. The SMILES string of the molecule is O=C(Cc1ccc(-n2cnnc2)cc1)C1CCc2c(c(-c3ccc4c(c3)C=NC4)nc3ccc4[nH]ncc4c23)C1. The Balaban J connectivity index is 1.17. The molecular formula is C32H25N7O. The minimum absolute atomic E-state index is 0.0532. The van der Waals surface area contributed by atoms with Crippen molar-refractivity contribution in [1.82, 2.24) is 29.9 Å². The van der Waals surface area contributed by atoms with Gasteiger partial charge >= 0.3 is 0 Å². The maximum atomic E-state index is 13.6. The van der Waals surface area contributed by atoms with Crippen molar-refractivity contribution in [2.24, 2.45) is 10.9 Å². The van der Waals surface area contributed by atoms with Gasteiger partial charge < -0.3 is 0 Å². The molecule has 1 atom stereocenters. The summed E-state index contributed by atoms with van der Waals surface area (Å²) in [5, 5.41) is 17.4. The lowest BCUT2D eigenvalue weighted by molar-refractivity contribution is -0.122. The van der Waals surface area contributed by atoms with Crippen molar-refractivity contribution in [3.8, 4) is 16.9 Å². The summed E-state index contributed by atoms with van der Waals surface area (Å²) in [5.74, 6) is 0.221. The number of ketones is 1. The first-order valence-electron chi connectivity index (χ1n) is 13.6. The lowest BCUT2D eigenvalue weighted by Crippen LogP contribution is -2.25. The molecule has 2 aliphatic rings. The van der Waals surface area contributed by atoms with Gasteiger partial charge in [-0.2, -0.15) is 5.10 Å². The van der Waals surface area contributed by atoms with E-state index in [4.69, 9.17) is 4.98 Å². The second kappa shape index (κ2) is 9.05. The molecule has 40 heavy (non-hydrogen) atoms. The Morgan fingerprint density at radius 3 is 2.75 bits per heavy atom. The fourth-order valence-corrected chi connectivity index (χ4v) is 6.29. The zero-order valence-corrected chi connectivity index (χ0v) is 21.7. The van der Waals surface area contributed by atoms with Gasteiger partial charge in [0, 0.05) is 40.6 Å². The Bertz CT molecular complexity index is 1950. The van der Waals surface area contributed by atoms with Gasteiger partial charge in [-0.3, -0.25) is 19.5 Å². The van der Waals surface area contributed by atoms with Crippen LogP contribution in [-0.4, -0.2) is 41.9 Å². The molecule has 0 spiro atoms. The molecule has 0 radical (unpaired) electrons. The van der Waals surface area contributed by atoms with Crippen LogP contribution in [0.3, 0.4) is 0 Å². The van der Waals surface area contributed by atoms with E-state index in [1.807, 2.05) is 47.3 Å². The number of rotatable bonds is 5. The molecule has 3 aromatic heterocycles. The number of fused-ring (bicyclic) bond motifs is 6.